The van der Waals surface area contributed by atoms with Crippen LogP contribution in [0.15, 0.2) is 42.5 Å². The number of hydrogen-bond donors (Lipinski definition) is 0. The maximum absolute atomic E-state index is 12.8. The average molecular weight is 339 g/mol. The van der Waals surface area contributed by atoms with E-state index in [1.54, 1.807) is 0 Å². The van der Waals surface area contributed by atoms with Crippen molar-refractivity contribution < 1.29 is 9.59 Å². The summed E-state index contributed by atoms with van der Waals surface area (Å²) in [5.74, 6) is -0.172. The van der Waals surface area contributed by atoms with E-state index in [2.05, 4.69) is 0 Å². The van der Waals surface area contributed by atoms with Crippen molar-refractivity contribution in [3.63, 3.8) is 0 Å². The van der Waals surface area contributed by atoms with Crippen LogP contribution in [0, 0.1) is 18.8 Å². The van der Waals surface area contributed by atoms with E-state index in [9.17, 15) is 9.59 Å². The molecule has 24 heavy (non-hydrogen) atoms. The molecule has 3 heteroatoms. The summed E-state index contributed by atoms with van der Waals surface area (Å²) in [5.41, 5.74) is 3.88. The predicted molar refractivity (Wildman–Crippen MR) is 95.2 cm³/mol. The predicted octanol–water partition coefficient (Wildman–Crippen LogP) is 4.97. The molecule has 0 N–H and O–H groups in total. The SMILES string of the molecule is Cc1ccc(-c2cccc(Cl)c2)cc1C1C(=O)[C@@H]2CC[C@@H](C2)C1=O. The first-order valence-corrected chi connectivity index (χ1v) is 8.86. The zero-order chi connectivity index (χ0) is 16.8. The third kappa shape index (κ3) is 2.50. The Hall–Kier alpha value is -1.93. The summed E-state index contributed by atoms with van der Waals surface area (Å²) in [6, 6.07) is 13.7. The second-order valence-corrected chi connectivity index (χ2v) is 7.46. The highest BCUT2D eigenvalue weighted by Crippen LogP contribution is 2.45. The van der Waals surface area contributed by atoms with Gasteiger partial charge in [-0.25, -0.2) is 0 Å². The highest BCUT2D eigenvalue weighted by molar-refractivity contribution is 6.30. The van der Waals surface area contributed by atoms with E-state index in [0.717, 1.165) is 41.5 Å². The molecule has 0 amide bonds. The topological polar surface area (TPSA) is 34.1 Å². The molecule has 2 bridgehead atoms. The first-order chi connectivity index (χ1) is 11.5. The van der Waals surface area contributed by atoms with Crippen LogP contribution in [-0.2, 0) is 9.59 Å². The quantitative estimate of drug-likeness (QED) is 0.725. The lowest BCUT2D eigenvalue weighted by molar-refractivity contribution is -0.135. The van der Waals surface area contributed by atoms with Gasteiger partial charge in [0.15, 0.2) is 11.6 Å². The largest absolute Gasteiger partial charge is 0.298 e. The summed E-state index contributed by atoms with van der Waals surface area (Å²) >= 11 is 6.10. The Morgan fingerprint density at radius 2 is 1.58 bits per heavy atom. The minimum atomic E-state index is -0.574. The molecule has 1 unspecified atom stereocenters. The normalized spacial score (nSPS) is 26.0. The lowest BCUT2D eigenvalue weighted by Gasteiger charge is -2.27. The number of fused-ring (bicyclic) bond motifs is 2. The van der Waals surface area contributed by atoms with E-state index in [0.29, 0.717) is 5.02 Å². The van der Waals surface area contributed by atoms with Crippen LogP contribution in [0.25, 0.3) is 11.1 Å². The van der Waals surface area contributed by atoms with Gasteiger partial charge in [-0.1, -0.05) is 35.9 Å². The molecule has 0 radical (unpaired) electrons. The Morgan fingerprint density at radius 1 is 0.917 bits per heavy atom. The van der Waals surface area contributed by atoms with Gasteiger partial charge in [0.1, 0.15) is 5.92 Å². The van der Waals surface area contributed by atoms with Gasteiger partial charge in [0.05, 0.1) is 0 Å². The van der Waals surface area contributed by atoms with Crippen LogP contribution in [0.2, 0.25) is 5.02 Å². The van der Waals surface area contributed by atoms with Crippen molar-refractivity contribution >= 4 is 23.2 Å². The number of halogens is 1. The van der Waals surface area contributed by atoms with Gasteiger partial charge in [-0.2, -0.15) is 0 Å². The molecular formula is C21H19ClO2. The standard InChI is InChI=1S/C21H19ClO2/c1-12-5-6-14(13-3-2-4-17(22)10-13)11-18(12)19-20(23)15-7-8-16(9-15)21(19)24/h2-6,10-11,15-16,19H,7-9H2,1H3/t15-,16+,19?. The first-order valence-electron chi connectivity index (χ1n) is 8.48. The number of carbonyl (C=O) groups excluding carboxylic acids is 2. The zero-order valence-electron chi connectivity index (χ0n) is 13.6. The summed E-state index contributed by atoms with van der Waals surface area (Å²) in [6.07, 6.45) is 2.51. The minimum Gasteiger partial charge on any atom is -0.298 e. The van der Waals surface area contributed by atoms with Crippen LogP contribution in [-0.4, -0.2) is 11.6 Å². The summed E-state index contributed by atoms with van der Waals surface area (Å²) in [6.45, 7) is 1.98. The van der Waals surface area contributed by atoms with Gasteiger partial charge in [-0.3, -0.25) is 9.59 Å². The van der Waals surface area contributed by atoms with Crippen molar-refractivity contribution in [2.24, 2.45) is 11.8 Å². The molecule has 2 aliphatic carbocycles. The van der Waals surface area contributed by atoms with Crippen molar-refractivity contribution in [3.05, 3.63) is 58.6 Å². The Bertz CT molecular complexity index is 817. The Morgan fingerprint density at radius 3 is 2.25 bits per heavy atom. The number of benzene rings is 2. The van der Waals surface area contributed by atoms with Crippen molar-refractivity contribution in [2.45, 2.75) is 32.1 Å². The molecule has 3 atom stereocenters. The first kappa shape index (κ1) is 15.6. The molecule has 122 valence electrons. The number of hydrogen-bond acceptors (Lipinski definition) is 2. The van der Waals surface area contributed by atoms with E-state index in [-0.39, 0.29) is 23.4 Å². The summed E-state index contributed by atoms with van der Waals surface area (Å²) in [4.78, 5) is 25.6. The molecule has 0 aliphatic heterocycles. The van der Waals surface area contributed by atoms with Gasteiger partial charge in [-0.15, -0.1) is 0 Å². The molecule has 2 aromatic rings. The van der Waals surface area contributed by atoms with Crippen LogP contribution < -0.4 is 0 Å². The number of aryl methyl sites for hydroxylation is 1. The number of carbonyl (C=O) groups is 2. The van der Waals surface area contributed by atoms with E-state index in [4.69, 9.17) is 11.6 Å². The highest BCUT2D eigenvalue weighted by Gasteiger charge is 2.47. The van der Waals surface area contributed by atoms with Crippen LogP contribution in [0.4, 0.5) is 0 Å². The van der Waals surface area contributed by atoms with Gasteiger partial charge in [0.25, 0.3) is 0 Å². The summed E-state index contributed by atoms with van der Waals surface area (Å²) in [5, 5.41) is 0.678. The van der Waals surface area contributed by atoms with Crippen LogP contribution in [0.5, 0.6) is 0 Å². The van der Waals surface area contributed by atoms with Crippen molar-refractivity contribution in [1.82, 2.24) is 0 Å². The van der Waals surface area contributed by atoms with Gasteiger partial charge < -0.3 is 0 Å². The van der Waals surface area contributed by atoms with Crippen molar-refractivity contribution in [2.75, 3.05) is 0 Å². The van der Waals surface area contributed by atoms with E-state index >= 15 is 0 Å². The van der Waals surface area contributed by atoms with E-state index in [1.165, 1.54) is 0 Å². The second-order valence-electron chi connectivity index (χ2n) is 7.03. The molecule has 2 nitrogen and oxygen atoms in total. The molecular weight excluding hydrogens is 320 g/mol. The maximum atomic E-state index is 12.8. The molecule has 2 aliphatic rings. The Labute approximate surface area is 146 Å². The Balaban J connectivity index is 1.79. The second kappa shape index (κ2) is 5.86. The van der Waals surface area contributed by atoms with Gasteiger partial charge in [0.2, 0.25) is 0 Å². The van der Waals surface area contributed by atoms with Crippen molar-refractivity contribution in [1.29, 1.82) is 0 Å². The van der Waals surface area contributed by atoms with Gasteiger partial charge in [0, 0.05) is 16.9 Å². The fourth-order valence-corrected chi connectivity index (χ4v) is 4.41. The van der Waals surface area contributed by atoms with Crippen molar-refractivity contribution in [3.8, 4) is 11.1 Å². The molecule has 0 aromatic heterocycles. The molecule has 4 rings (SSSR count). The third-order valence-electron chi connectivity index (χ3n) is 5.55. The van der Waals surface area contributed by atoms with Gasteiger partial charge >= 0.3 is 0 Å². The highest BCUT2D eigenvalue weighted by atomic mass is 35.5. The molecule has 0 spiro atoms. The smallest absolute Gasteiger partial charge is 0.150 e. The third-order valence-corrected chi connectivity index (χ3v) is 5.79. The summed E-state index contributed by atoms with van der Waals surface area (Å²) < 4.78 is 0. The number of rotatable bonds is 2. The monoisotopic (exact) mass is 338 g/mol. The number of Topliss-reactive ketones (excluding diaryl/α,β-unsaturated/α-hetero) is 2. The fourth-order valence-electron chi connectivity index (χ4n) is 4.22. The fraction of sp³-hybridized carbons (Fsp3) is 0.333. The molecule has 2 saturated carbocycles. The lowest BCUT2D eigenvalue weighted by Crippen LogP contribution is -2.35. The Kier molecular flexibility index (Phi) is 3.80. The lowest BCUT2D eigenvalue weighted by atomic mass is 9.74. The molecule has 0 saturated heterocycles. The van der Waals surface area contributed by atoms with Crippen LogP contribution >= 0.6 is 11.6 Å². The van der Waals surface area contributed by atoms with E-state index in [1.807, 2.05) is 49.4 Å². The molecule has 0 heterocycles. The average Bonchev–Trinajstić information content (AvgIpc) is 3.02. The molecule has 2 fully saturated rings. The van der Waals surface area contributed by atoms with Crippen LogP contribution in [0.3, 0.4) is 0 Å². The number of ketones is 2. The van der Waals surface area contributed by atoms with Gasteiger partial charge in [-0.05, 0) is 66.6 Å². The zero-order valence-corrected chi connectivity index (χ0v) is 14.3. The summed E-state index contributed by atoms with van der Waals surface area (Å²) in [7, 11) is 0. The minimum absolute atomic E-state index is 0.0759. The maximum Gasteiger partial charge on any atom is 0.150 e. The van der Waals surface area contributed by atoms with E-state index < -0.39 is 5.92 Å². The molecule has 2 aromatic carbocycles. The van der Waals surface area contributed by atoms with Crippen LogP contribution in [0.1, 0.15) is 36.3 Å².